The number of nitrogens with zero attached hydrogens (tertiary/aromatic N) is 2. The number of benzene rings is 2. The van der Waals surface area contributed by atoms with E-state index in [1.165, 1.54) is 21.1 Å². The van der Waals surface area contributed by atoms with Crippen LogP contribution in [0.4, 0.5) is 11.4 Å². The number of hydrogen-bond donors (Lipinski definition) is 1. The summed E-state index contributed by atoms with van der Waals surface area (Å²) in [6, 6.07) is 10.6. The van der Waals surface area contributed by atoms with Gasteiger partial charge < -0.3 is 19.5 Å². The van der Waals surface area contributed by atoms with E-state index in [4.69, 9.17) is 14.2 Å². The number of para-hydroxylation sites is 2. The smallest absolute Gasteiger partial charge is 0.258 e. The van der Waals surface area contributed by atoms with Crippen molar-refractivity contribution >= 4 is 23.1 Å². The number of ketones is 1. The van der Waals surface area contributed by atoms with Crippen LogP contribution in [-0.2, 0) is 9.59 Å². The SMILES string of the molecule is COc1cc(OC(C)C)ccc1N=NC(C(C)=O)C(=O)Nc1ccccc1OC. The Morgan fingerprint density at radius 1 is 1.00 bits per heavy atom. The zero-order valence-electron chi connectivity index (χ0n) is 17.1. The molecule has 1 atom stereocenters. The van der Waals surface area contributed by atoms with Gasteiger partial charge >= 0.3 is 0 Å². The lowest BCUT2D eigenvalue weighted by atomic mass is 10.2. The van der Waals surface area contributed by atoms with Crippen molar-refractivity contribution in [3.8, 4) is 17.2 Å². The predicted octanol–water partition coefficient (Wildman–Crippen LogP) is 4.17. The van der Waals surface area contributed by atoms with Crippen LogP contribution in [0.2, 0.25) is 0 Å². The van der Waals surface area contributed by atoms with Gasteiger partial charge in [0.05, 0.1) is 26.0 Å². The zero-order valence-corrected chi connectivity index (χ0v) is 17.1. The van der Waals surface area contributed by atoms with Crippen LogP contribution in [0.25, 0.3) is 0 Å². The number of anilines is 1. The molecule has 2 rings (SSSR count). The van der Waals surface area contributed by atoms with Crippen molar-refractivity contribution in [2.24, 2.45) is 10.2 Å². The summed E-state index contributed by atoms with van der Waals surface area (Å²) < 4.78 is 16.1. The summed E-state index contributed by atoms with van der Waals surface area (Å²) in [6.45, 7) is 5.11. The van der Waals surface area contributed by atoms with Gasteiger partial charge in [0.2, 0.25) is 6.04 Å². The molecule has 0 aliphatic heterocycles. The summed E-state index contributed by atoms with van der Waals surface area (Å²) in [4.78, 5) is 24.6. The van der Waals surface area contributed by atoms with Crippen LogP contribution in [0.1, 0.15) is 20.8 Å². The summed E-state index contributed by atoms with van der Waals surface area (Å²) >= 11 is 0. The Balaban J connectivity index is 2.22. The van der Waals surface area contributed by atoms with E-state index in [0.29, 0.717) is 28.6 Å². The Labute approximate surface area is 169 Å². The van der Waals surface area contributed by atoms with Crippen molar-refractivity contribution < 1.29 is 23.8 Å². The fourth-order valence-electron chi connectivity index (χ4n) is 2.47. The molecule has 1 N–H and O–H groups in total. The second kappa shape index (κ2) is 10.2. The molecule has 0 heterocycles. The van der Waals surface area contributed by atoms with E-state index in [1.54, 1.807) is 42.5 Å². The molecule has 0 fully saturated rings. The molecule has 0 radical (unpaired) electrons. The van der Waals surface area contributed by atoms with Gasteiger partial charge in [-0.05, 0) is 45.0 Å². The largest absolute Gasteiger partial charge is 0.495 e. The summed E-state index contributed by atoms with van der Waals surface area (Å²) in [7, 11) is 2.98. The number of methoxy groups -OCH3 is 2. The van der Waals surface area contributed by atoms with Gasteiger partial charge in [-0.3, -0.25) is 9.59 Å². The summed E-state index contributed by atoms with van der Waals surface area (Å²) in [5.74, 6) is 0.457. The first kappa shape index (κ1) is 21.9. The molecular formula is C21H25N3O5. The highest BCUT2D eigenvalue weighted by atomic mass is 16.5. The molecule has 0 bridgehead atoms. The minimum absolute atomic E-state index is 0.00736. The number of hydrogen-bond acceptors (Lipinski definition) is 7. The summed E-state index contributed by atoms with van der Waals surface area (Å²) in [5.41, 5.74) is 0.814. The second-order valence-corrected chi connectivity index (χ2v) is 6.42. The Morgan fingerprint density at radius 2 is 1.69 bits per heavy atom. The molecule has 154 valence electrons. The molecule has 8 heteroatoms. The lowest BCUT2D eigenvalue weighted by Crippen LogP contribution is -2.31. The van der Waals surface area contributed by atoms with Crippen molar-refractivity contribution in [2.75, 3.05) is 19.5 Å². The fourth-order valence-corrected chi connectivity index (χ4v) is 2.47. The summed E-state index contributed by atoms with van der Waals surface area (Å²) in [6.07, 6.45) is 0.00736. The molecule has 1 unspecified atom stereocenters. The number of carbonyl (C=O) groups excluding carboxylic acids is 2. The average Bonchev–Trinajstić information content (AvgIpc) is 2.68. The molecule has 0 aromatic heterocycles. The highest BCUT2D eigenvalue weighted by molar-refractivity contribution is 6.10. The maximum atomic E-state index is 12.6. The van der Waals surface area contributed by atoms with Crippen LogP contribution >= 0.6 is 0 Å². The van der Waals surface area contributed by atoms with E-state index < -0.39 is 17.7 Å². The maximum Gasteiger partial charge on any atom is 0.258 e. The first-order valence-corrected chi connectivity index (χ1v) is 9.05. The standard InChI is InChI=1S/C21H25N3O5/c1-13(2)29-15-10-11-17(19(12-15)28-5)23-24-20(14(3)25)21(26)22-16-8-6-7-9-18(16)27-4/h6-13,20H,1-5H3,(H,22,26). The highest BCUT2D eigenvalue weighted by Gasteiger charge is 2.24. The molecular weight excluding hydrogens is 374 g/mol. The number of amides is 1. The van der Waals surface area contributed by atoms with E-state index in [0.717, 1.165) is 0 Å². The zero-order chi connectivity index (χ0) is 21.4. The van der Waals surface area contributed by atoms with Gasteiger partial charge in [-0.1, -0.05) is 12.1 Å². The molecule has 29 heavy (non-hydrogen) atoms. The van der Waals surface area contributed by atoms with Crippen LogP contribution in [-0.4, -0.2) is 38.1 Å². The van der Waals surface area contributed by atoms with Crippen molar-refractivity contribution in [2.45, 2.75) is 32.9 Å². The number of ether oxygens (including phenoxy) is 3. The minimum Gasteiger partial charge on any atom is -0.495 e. The number of nitrogens with one attached hydrogen (secondary N) is 1. The van der Waals surface area contributed by atoms with Gasteiger partial charge in [0.15, 0.2) is 5.78 Å². The third-order valence-electron chi connectivity index (χ3n) is 3.80. The molecule has 0 aliphatic rings. The third kappa shape index (κ3) is 6.03. The lowest BCUT2D eigenvalue weighted by Gasteiger charge is -2.13. The summed E-state index contributed by atoms with van der Waals surface area (Å²) in [5, 5.41) is 10.7. The lowest BCUT2D eigenvalue weighted by molar-refractivity contribution is -0.126. The average molecular weight is 399 g/mol. The molecule has 0 saturated heterocycles. The topological polar surface area (TPSA) is 98.6 Å². The Kier molecular flexibility index (Phi) is 7.70. The van der Waals surface area contributed by atoms with E-state index in [2.05, 4.69) is 15.5 Å². The second-order valence-electron chi connectivity index (χ2n) is 6.42. The van der Waals surface area contributed by atoms with E-state index in [-0.39, 0.29) is 6.10 Å². The fraction of sp³-hybridized carbons (Fsp3) is 0.333. The maximum absolute atomic E-state index is 12.6. The monoisotopic (exact) mass is 399 g/mol. The molecule has 0 spiro atoms. The van der Waals surface area contributed by atoms with Crippen molar-refractivity contribution in [1.82, 2.24) is 0 Å². The van der Waals surface area contributed by atoms with Gasteiger partial charge in [-0.15, -0.1) is 0 Å². The van der Waals surface area contributed by atoms with Gasteiger partial charge in [0, 0.05) is 6.07 Å². The Hall–Kier alpha value is -3.42. The molecule has 0 aliphatic carbocycles. The third-order valence-corrected chi connectivity index (χ3v) is 3.80. The van der Waals surface area contributed by atoms with Crippen molar-refractivity contribution in [3.05, 3.63) is 42.5 Å². The number of Topliss-reactive ketones (excluding diaryl/α,β-unsaturated/α-hetero) is 1. The normalized spacial score (nSPS) is 11.9. The van der Waals surface area contributed by atoms with Crippen LogP contribution in [0.3, 0.4) is 0 Å². The molecule has 2 aromatic carbocycles. The number of azo groups is 1. The number of carbonyl (C=O) groups is 2. The van der Waals surface area contributed by atoms with E-state index in [1.807, 2.05) is 13.8 Å². The van der Waals surface area contributed by atoms with Crippen molar-refractivity contribution in [3.63, 3.8) is 0 Å². The molecule has 8 nitrogen and oxygen atoms in total. The van der Waals surface area contributed by atoms with Crippen LogP contribution in [0.5, 0.6) is 17.2 Å². The Morgan fingerprint density at radius 3 is 2.31 bits per heavy atom. The highest BCUT2D eigenvalue weighted by Crippen LogP contribution is 2.32. The number of rotatable bonds is 9. The van der Waals surface area contributed by atoms with Gasteiger partial charge in [-0.2, -0.15) is 10.2 Å². The van der Waals surface area contributed by atoms with Gasteiger partial charge in [0.25, 0.3) is 5.91 Å². The Bertz CT molecular complexity index is 896. The van der Waals surface area contributed by atoms with E-state index in [9.17, 15) is 9.59 Å². The van der Waals surface area contributed by atoms with Crippen LogP contribution < -0.4 is 19.5 Å². The molecule has 1 amide bonds. The van der Waals surface area contributed by atoms with Crippen LogP contribution in [0.15, 0.2) is 52.7 Å². The molecule has 2 aromatic rings. The van der Waals surface area contributed by atoms with Gasteiger partial charge in [-0.25, -0.2) is 0 Å². The van der Waals surface area contributed by atoms with E-state index >= 15 is 0 Å². The first-order valence-electron chi connectivity index (χ1n) is 9.05. The molecule has 0 saturated carbocycles. The predicted molar refractivity (Wildman–Crippen MR) is 109 cm³/mol. The first-order chi connectivity index (χ1) is 13.8. The van der Waals surface area contributed by atoms with Crippen molar-refractivity contribution in [1.29, 1.82) is 0 Å². The van der Waals surface area contributed by atoms with Crippen LogP contribution in [0, 0.1) is 0 Å². The quantitative estimate of drug-likeness (QED) is 0.504. The minimum atomic E-state index is -1.31. The van der Waals surface area contributed by atoms with Gasteiger partial charge in [0.1, 0.15) is 22.9 Å².